The summed E-state index contributed by atoms with van der Waals surface area (Å²) in [5.41, 5.74) is 9.59. The minimum Gasteiger partial charge on any atom is -0.296 e. The second-order valence-corrected chi connectivity index (χ2v) is 3.76. The van der Waals surface area contributed by atoms with Crippen molar-refractivity contribution in [2.45, 2.75) is 6.92 Å². The van der Waals surface area contributed by atoms with E-state index in [1.54, 1.807) is 24.3 Å². The van der Waals surface area contributed by atoms with Gasteiger partial charge >= 0.3 is 0 Å². The molecule has 0 unspecified atom stereocenters. The Labute approximate surface area is 104 Å². The number of hydrogen-bond donors (Lipinski definition) is 3. The lowest BCUT2D eigenvalue weighted by molar-refractivity contribution is -0.114. The normalized spacial score (nSPS) is 16.4. The number of amides is 1. The fourth-order valence-electron chi connectivity index (χ4n) is 1.41. The molecule has 1 aliphatic heterocycles. The summed E-state index contributed by atoms with van der Waals surface area (Å²) in [5.74, 6) is -0.339. The van der Waals surface area contributed by atoms with Gasteiger partial charge in [0.1, 0.15) is 0 Å². The number of carbonyl (C=O) groups is 2. The third kappa shape index (κ3) is 2.37. The predicted molar refractivity (Wildman–Crippen MR) is 67.9 cm³/mol. The second kappa shape index (κ2) is 4.70. The van der Waals surface area contributed by atoms with Crippen molar-refractivity contribution in [2.75, 3.05) is 5.43 Å². The molecule has 1 saturated heterocycles. The summed E-state index contributed by atoms with van der Waals surface area (Å²) in [7, 11) is 0. The average Bonchev–Trinajstić information content (AvgIpc) is 2.67. The Morgan fingerprint density at radius 3 is 2.44 bits per heavy atom. The van der Waals surface area contributed by atoms with Gasteiger partial charge in [0, 0.05) is 5.56 Å². The quantitative estimate of drug-likeness (QED) is 0.542. The van der Waals surface area contributed by atoms with Gasteiger partial charge in [-0.25, -0.2) is 0 Å². The molecule has 6 heteroatoms. The SMILES string of the molecule is C=C1NNC(=O)/C1=N\Nc1ccc(C(C)=O)cc1. The molecule has 0 bridgehead atoms. The van der Waals surface area contributed by atoms with E-state index < -0.39 is 0 Å². The van der Waals surface area contributed by atoms with Crippen LogP contribution in [-0.2, 0) is 4.79 Å². The number of hydrazine groups is 1. The standard InChI is InChI=1S/C12H12N4O2/c1-7-11(12(18)16-13-7)15-14-10-5-3-9(4-6-10)8(2)17/h3-6,13-14H,1H2,2H3,(H,16,18)/b15-11-. The molecule has 1 aromatic rings. The zero-order valence-electron chi connectivity index (χ0n) is 9.78. The van der Waals surface area contributed by atoms with Gasteiger partial charge in [-0.15, -0.1) is 0 Å². The van der Waals surface area contributed by atoms with E-state index >= 15 is 0 Å². The molecule has 0 radical (unpaired) electrons. The summed E-state index contributed by atoms with van der Waals surface area (Å²) in [6.45, 7) is 5.13. The summed E-state index contributed by atoms with van der Waals surface area (Å²) >= 11 is 0. The first kappa shape index (κ1) is 11.8. The van der Waals surface area contributed by atoms with E-state index in [1.165, 1.54) is 6.92 Å². The highest BCUT2D eigenvalue weighted by Gasteiger charge is 2.22. The van der Waals surface area contributed by atoms with Crippen LogP contribution >= 0.6 is 0 Å². The van der Waals surface area contributed by atoms with Gasteiger partial charge in [0.05, 0.1) is 11.4 Å². The summed E-state index contributed by atoms with van der Waals surface area (Å²) in [6, 6.07) is 6.80. The van der Waals surface area contributed by atoms with Crippen molar-refractivity contribution in [3.63, 3.8) is 0 Å². The van der Waals surface area contributed by atoms with Crippen molar-refractivity contribution < 1.29 is 9.59 Å². The fourth-order valence-corrected chi connectivity index (χ4v) is 1.41. The number of rotatable bonds is 3. The summed E-state index contributed by atoms with van der Waals surface area (Å²) < 4.78 is 0. The van der Waals surface area contributed by atoms with Crippen LogP contribution < -0.4 is 16.3 Å². The third-order valence-electron chi connectivity index (χ3n) is 2.42. The van der Waals surface area contributed by atoms with E-state index in [0.717, 1.165) is 0 Å². The van der Waals surface area contributed by atoms with E-state index in [0.29, 0.717) is 16.9 Å². The molecule has 0 aromatic heterocycles. The topological polar surface area (TPSA) is 82.6 Å². The van der Waals surface area contributed by atoms with E-state index in [4.69, 9.17) is 0 Å². The van der Waals surface area contributed by atoms with Crippen LogP contribution in [0.1, 0.15) is 17.3 Å². The lowest BCUT2D eigenvalue weighted by atomic mass is 10.1. The Hall–Kier alpha value is -2.63. The van der Waals surface area contributed by atoms with Crippen molar-refractivity contribution in [1.29, 1.82) is 0 Å². The smallest absolute Gasteiger partial charge is 0.292 e. The largest absolute Gasteiger partial charge is 0.296 e. The lowest BCUT2D eigenvalue weighted by Gasteiger charge is -2.02. The molecule has 0 spiro atoms. The van der Waals surface area contributed by atoms with Gasteiger partial charge in [0.2, 0.25) is 0 Å². The molecule has 3 N–H and O–H groups in total. The molecule has 2 rings (SSSR count). The van der Waals surface area contributed by atoms with Crippen molar-refractivity contribution in [3.8, 4) is 0 Å². The number of nitrogens with zero attached hydrogens (tertiary/aromatic N) is 1. The predicted octanol–water partition coefficient (Wildman–Crippen LogP) is 0.805. The Morgan fingerprint density at radius 1 is 1.28 bits per heavy atom. The van der Waals surface area contributed by atoms with Crippen LogP contribution in [-0.4, -0.2) is 17.4 Å². The first-order valence-electron chi connectivity index (χ1n) is 5.28. The Kier molecular flexibility index (Phi) is 3.09. The molecule has 18 heavy (non-hydrogen) atoms. The first-order chi connectivity index (χ1) is 8.58. The van der Waals surface area contributed by atoms with Crippen molar-refractivity contribution in [3.05, 3.63) is 42.1 Å². The molecular weight excluding hydrogens is 232 g/mol. The molecular formula is C12H12N4O2. The van der Waals surface area contributed by atoms with Crippen LogP contribution in [0.2, 0.25) is 0 Å². The Morgan fingerprint density at radius 2 is 1.94 bits per heavy atom. The number of anilines is 1. The van der Waals surface area contributed by atoms with Crippen LogP contribution in [0.25, 0.3) is 0 Å². The van der Waals surface area contributed by atoms with Crippen molar-refractivity contribution >= 4 is 23.1 Å². The maximum atomic E-state index is 11.3. The van der Waals surface area contributed by atoms with Crippen molar-refractivity contribution in [2.24, 2.45) is 5.10 Å². The molecule has 1 aliphatic rings. The minimum atomic E-state index is -0.340. The summed E-state index contributed by atoms with van der Waals surface area (Å²) in [4.78, 5) is 22.4. The van der Waals surface area contributed by atoms with Gasteiger partial charge in [-0.05, 0) is 31.2 Å². The number of carbonyl (C=O) groups excluding carboxylic acids is 2. The van der Waals surface area contributed by atoms with E-state index in [2.05, 4.69) is 28.0 Å². The van der Waals surface area contributed by atoms with Crippen LogP contribution in [0.3, 0.4) is 0 Å². The van der Waals surface area contributed by atoms with Gasteiger partial charge in [-0.1, -0.05) is 6.58 Å². The maximum absolute atomic E-state index is 11.3. The van der Waals surface area contributed by atoms with E-state index in [1.807, 2.05) is 0 Å². The summed E-state index contributed by atoms with van der Waals surface area (Å²) in [5, 5.41) is 3.94. The molecule has 0 aliphatic carbocycles. The molecule has 1 amide bonds. The van der Waals surface area contributed by atoms with Crippen LogP contribution in [0.5, 0.6) is 0 Å². The number of nitrogens with one attached hydrogen (secondary N) is 3. The van der Waals surface area contributed by atoms with Gasteiger partial charge in [-0.3, -0.25) is 25.9 Å². The number of hydrazone groups is 1. The van der Waals surface area contributed by atoms with Gasteiger partial charge in [0.15, 0.2) is 11.5 Å². The molecule has 0 saturated carbocycles. The monoisotopic (exact) mass is 244 g/mol. The van der Waals surface area contributed by atoms with Crippen LogP contribution in [0, 0.1) is 0 Å². The summed E-state index contributed by atoms with van der Waals surface area (Å²) in [6.07, 6.45) is 0. The van der Waals surface area contributed by atoms with Crippen LogP contribution in [0.4, 0.5) is 5.69 Å². The highest BCUT2D eigenvalue weighted by molar-refractivity contribution is 6.46. The zero-order chi connectivity index (χ0) is 13.1. The Bertz CT molecular complexity index is 528. The second-order valence-electron chi connectivity index (χ2n) is 3.76. The molecule has 1 fully saturated rings. The molecule has 0 atom stereocenters. The van der Waals surface area contributed by atoms with Gasteiger partial charge in [-0.2, -0.15) is 5.10 Å². The third-order valence-corrected chi connectivity index (χ3v) is 2.42. The van der Waals surface area contributed by atoms with Crippen molar-refractivity contribution in [1.82, 2.24) is 10.9 Å². The number of hydrogen-bond acceptors (Lipinski definition) is 5. The average molecular weight is 244 g/mol. The lowest BCUT2D eigenvalue weighted by Crippen LogP contribution is -2.25. The fraction of sp³-hybridized carbons (Fsp3) is 0.0833. The maximum Gasteiger partial charge on any atom is 0.292 e. The molecule has 1 heterocycles. The van der Waals surface area contributed by atoms with Crippen LogP contribution in [0.15, 0.2) is 41.6 Å². The molecule has 1 aromatic carbocycles. The number of ketones is 1. The highest BCUT2D eigenvalue weighted by atomic mass is 16.2. The van der Waals surface area contributed by atoms with E-state index in [9.17, 15) is 9.59 Å². The Balaban J connectivity index is 2.10. The zero-order valence-corrected chi connectivity index (χ0v) is 9.78. The highest BCUT2D eigenvalue weighted by Crippen LogP contribution is 2.10. The van der Waals surface area contributed by atoms with Gasteiger partial charge < -0.3 is 0 Å². The molecule has 92 valence electrons. The number of Topliss-reactive ketones (excluding diaryl/α,β-unsaturated/α-hetero) is 1. The minimum absolute atomic E-state index is 0.000567. The molecule has 6 nitrogen and oxygen atoms in total. The van der Waals surface area contributed by atoms with E-state index in [-0.39, 0.29) is 17.4 Å². The number of benzene rings is 1. The first-order valence-corrected chi connectivity index (χ1v) is 5.28. The van der Waals surface area contributed by atoms with Gasteiger partial charge in [0.25, 0.3) is 5.91 Å².